The van der Waals surface area contributed by atoms with Crippen LogP contribution in [-0.4, -0.2) is 7.11 Å². The first-order valence-electron chi connectivity index (χ1n) is 6.97. The summed E-state index contributed by atoms with van der Waals surface area (Å²) >= 11 is 12.6. The molecule has 21 heavy (non-hydrogen) atoms. The molecule has 0 saturated heterocycles. The van der Waals surface area contributed by atoms with Crippen LogP contribution in [0.15, 0.2) is 36.4 Å². The summed E-state index contributed by atoms with van der Waals surface area (Å²) in [6, 6.07) is 11.7. The van der Waals surface area contributed by atoms with E-state index in [0.717, 1.165) is 36.1 Å². The van der Waals surface area contributed by atoms with Crippen LogP contribution in [0.1, 0.15) is 29.5 Å². The van der Waals surface area contributed by atoms with Crippen LogP contribution in [0.3, 0.4) is 0 Å². The number of halogens is 2. The number of hydrogen-bond acceptors (Lipinski definition) is 2. The van der Waals surface area contributed by atoms with Crippen LogP contribution in [0.25, 0.3) is 0 Å². The van der Waals surface area contributed by atoms with Crippen LogP contribution in [0.5, 0.6) is 5.75 Å². The van der Waals surface area contributed by atoms with Gasteiger partial charge in [0.25, 0.3) is 0 Å². The van der Waals surface area contributed by atoms with Crippen LogP contribution in [-0.2, 0) is 12.0 Å². The van der Waals surface area contributed by atoms with Gasteiger partial charge in [-0.1, -0.05) is 41.4 Å². The van der Waals surface area contributed by atoms with E-state index in [1.54, 1.807) is 13.2 Å². The van der Waals surface area contributed by atoms with E-state index in [-0.39, 0.29) is 0 Å². The molecule has 0 amide bonds. The van der Waals surface area contributed by atoms with Crippen molar-refractivity contribution in [2.24, 2.45) is 5.73 Å². The molecule has 2 aromatic carbocycles. The van der Waals surface area contributed by atoms with Crippen molar-refractivity contribution in [1.82, 2.24) is 0 Å². The highest BCUT2D eigenvalue weighted by Gasteiger charge is 2.36. The molecule has 4 heteroatoms. The Morgan fingerprint density at radius 3 is 2.71 bits per heavy atom. The molecule has 0 saturated carbocycles. The Kier molecular flexibility index (Phi) is 3.87. The predicted octanol–water partition coefficient (Wildman–Crippen LogP) is 4.54. The third kappa shape index (κ3) is 2.42. The van der Waals surface area contributed by atoms with Crippen molar-refractivity contribution < 1.29 is 4.74 Å². The lowest BCUT2D eigenvalue weighted by Crippen LogP contribution is -2.41. The first-order valence-corrected chi connectivity index (χ1v) is 7.72. The predicted molar refractivity (Wildman–Crippen MR) is 87.4 cm³/mol. The molecule has 0 fully saturated rings. The van der Waals surface area contributed by atoms with Crippen molar-refractivity contribution in [3.8, 4) is 5.75 Å². The van der Waals surface area contributed by atoms with E-state index in [9.17, 15) is 0 Å². The molecule has 0 aromatic heterocycles. The molecule has 0 bridgehead atoms. The highest BCUT2D eigenvalue weighted by atomic mass is 35.5. The molecule has 2 nitrogen and oxygen atoms in total. The van der Waals surface area contributed by atoms with Gasteiger partial charge in [-0.05, 0) is 54.2 Å². The number of aryl methyl sites for hydroxylation is 1. The molecule has 1 unspecified atom stereocenters. The number of rotatable bonds is 2. The molecule has 2 N–H and O–H groups in total. The second-order valence-electron chi connectivity index (χ2n) is 5.45. The lowest BCUT2D eigenvalue weighted by Gasteiger charge is -2.37. The molecule has 0 spiro atoms. The monoisotopic (exact) mass is 321 g/mol. The quantitative estimate of drug-likeness (QED) is 0.881. The van der Waals surface area contributed by atoms with Gasteiger partial charge in [-0.3, -0.25) is 0 Å². The molecule has 0 heterocycles. The number of fused-ring (bicyclic) bond motifs is 1. The molecular weight excluding hydrogens is 305 g/mol. The van der Waals surface area contributed by atoms with Crippen LogP contribution >= 0.6 is 23.2 Å². The maximum atomic E-state index is 6.79. The van der Waals surface area contributed by atoms with Crippen molar-refractivity contribution in [2.45, 2.75) is 24.8 Å². The summed E-state index contributed by atoms with van der Waals surface area (Å²) in [7, 11) is 1.66. The fourth-order valence-electron chi connectivity index (χ4n) is 3.14. The fraction of sp³-hybridized carbons (Fsp3) is 0.294. The average Bonchev–Trinajstić information content (AvgIpc) is 2.50. The number of benzene rings is 2. The van der Waals surface area contributed by atoms with Gasteiger partial charge in [-0.25, -0.2) is 0 Å². The van der Waals surface area contributed by atoms with Gasteiger partial charge >= 0.3 is 0 Å². The molecule has 3 rings (SSSR count). The Hall–Kier alpha value is -1.22. The Bertz CT molecular complexity index is 686. The van der Waals surface area contributed by atoms with E-state index in [2.05, 4.69) is 6.07 Å². The molecule has 1 aliphatic rings. The Morgan fingerprint density at radius 1 is 1.14 bits per heavy atom. The van der Waals surface area contributed by atoms with E-state index in [1.165, 1.54) is 5.56 Å². The minimum absolute atomic E-state index is 0.536. The summed E-state index contributed by atoms with van der Waals surface area (Å²) in [5.74, 6) is 0.809. The zero-order chi connectivity index (χ0) is 15.0. The van der Waals surface area contributed by atoms with Gasteiger partial charge in [0.1, 0.15) is 5.75 Å². The largest absolute Gasteiger partial charge is 0.497 e. The first-order chi connectivity index (χ1) is 10.1. The Balaban J connectivity index is 2.21. The van der Waals surface area contributed by atoms with Crippen LogP contribution in [0.4, 0.5) is 0 Å². The van der Waals surface area contributed by atoms with Gasteiger partial charge in [0, 0.05) is 0 Å². The molecule has 1 aliphatic carbocycles. The molecule has 2 aromatic rings. The third-order valence-electron chi connectivity index (χ3n) is 4.25. The molecule has 0 radical (unpaired) electrons. The standard InChI is InChI=1S/C17H17Cl2NO/c1-21-12-8-7-11-4-3-9-17(20,14(11)10-12)13-5-2-6-15(18)16(13)19/h2,5-8,10H,3-4,9,20H2,1H3. The van der Waals surface area contributed by atoms with Crippen molar-refractivity contribution in [3.05, 3.63) is 63.1 Å². The topological polar surface area (TPSA) is 35.2 Å². The van der Waals surface area contributed by atoms with E-state index in [1.807, 2.05) is 24.3 Å². The van der Waals surface area contributed by atoms with Crippen LogP contribution in [0, 0.1) is 0 Å². The van der Waals surface area contributed by atoms with E-state index in [0.29, 0.717) is 10.0 Å². The zero-order valence-electron chi connectivity index (χ0n) is 11.8. The lowest BCUT2D eigenvalue weighted by atomic mass is 9.73. The van der Waals surface area contributed by atoms with Gasteiger partial charge in [0.15, 0.2) is 0 Å². The highest BCUT2D eigenvalue weighted by molar-refractivity contribution is 6.42. The number of ether oxygens (including phenoxy) is 1. The van der Waals surface area contributed by atoms with Gasteiger partial charge in [-0.2, -0.15) is 0 Å². The van der Waals surface area contributed by atoms with Gasteiger partial charge < -0.3 is 10.5 Å². The van der Waals surface area contributed by atoms with Crippen LogP contribution < -0.4 is 10.5 Å². The zero-order valence-corrected chi connectivity index (χ0v) is 13.3. The number of methoxy groups -OCH3 is 1. The first kappa shape index (κ1) is 14.7. The lowest BCUT2D eigenvalue weighted by molar-refractivity contribution is 0.404. The second-order valence-corrected chi connectivity index (χ2v) is 6.23. The fourth-order valence-corrected chi connectivity index (χ4v) is 3.61. The van der Waals surface area contributed by atoms with Crippen LogP contribution in [0.2, 0.25) is 10.0 Å². The Morgan fingerprint density at radius 2 is 1.95 bits per heavy atom. The smallest absolute Gasteiger partial charge is 0.119 e. The minimum atomic E-state index is -0.621. The van der Waals surface area contributed by atoms with E-state index >= 15 is 0 Å². The summed E-state index contributed by atoms with van der Waals surface area (Å²) in [6.07, 6.45) is 2.89. The summed E-state index contributed by atoms with van der Waals surface area (Å²) in [5, 5.41) is 1.08. The maximum absolute atomic E-state index is 6.79. The summed E-state index contributed by atoms with van der Waals surface area (Å²) in [4.78, 5) is 0. The molecular formula is C17H17Cl2NO. The SMILES string of the molecule is COc1ccc2c(c1)C(N)(c1cccc(Cl)c1Cl)CCC2. The van der Waals surface area contributed by atoms with Crippen molar-refractivity contribution in [1.29, 1.82) is 0 Å². The minimum Gasteiger partial charge on any atom is -0.497 e. The van der Waals surface area contributed by atoms with Gasteiger partial charge in [0.2, 0.25) is 0 Å². The summed E-state index contributed by atoms with van der Waals surface area (Å²) in [5.41, 5.74) is 9.38. The van der Waals surface area contributed by atoms with Crippen molar-refractivity contribution in [3.63, 3.8) is 0 Å². The van der Waals surface area contributed by atoms with Gasteiger partial charge in [0.05, 0.1) is 22.7 Å². The molecule has 0 aliphatic heterocycles. The third-order valence-corrected chi connectivity index (χ3v) is 5.07. The molecule has 110 valence electrons. The van der Waals surface area contributed by atoms with Crippen molar-refractivity contribution >= 4 is 23.2 Å². The van der Waals surface area contributed by atoms with Crippen molar-refractivity contribution in [2.75, 3.05) is 7.11 Å². The van der Waals surface area contributed by atoms with E-state index in [4.69, 9.17) is 33.7 Å². The van der Waals surface area contributed by atoms with E-state index < -0.39 is 5.54 Å². The normalized spacial score (nSPS) is 21.0. The summed E-state index contributed by atoms with van der Waals surface area (Å²) in [6.45, 7) is 0. The number of hydrogen-bond donors (Lipinski definition) is 1. The molecule has 1 atom stereocenters. The Labute approximate surface area is 134 Å². The second kappa shape index (κ2) is 5.53. The maximum Gasteiger partial charge on any atom is 0.119 e. The number of nitrogens with two attached hydrogens (primary N) is 1. The highest BCUT2D eigenvalue weighted by Crippen LogP contribution is 2.43. The average molecular weight is 322 g/mol. The van der Waals surface area contributed by atoms with Gasteiger partial charge in [-0.15, -0.1) is 0 Å². The summed E-state index contributed by atoms with van der Waals surface area (Å²) < 4.78 is 5.35.